The zero-order chi connectivity index (χ0) is 15.5. The van der Waals surface area contributed by atoms with Crippen LogP contribution in [-0.2, 0) is 4.74 Å². The van der Waals surface area contributed by atoms with Gasteiger partial charge in [-0.1, -0.05) is 12.1 Å². The summed E-state index contributed by atoms with van der Waals surface area (Å²) in [6.07, 6.45) is 0.705. The van der Waals surface area contributed by atoms with Crippen molar-refractivity contribution in [2.75, 3.05) is 26.3 Å². The largest absolute Gasteiger partial charge is 0.389 e. The highest BCUT2D eigenvalue weighted by Crippen LogP contribution is 2.23. The second kappa shape index (κ2) is 6.25. The Bertz CT molecular complexity index is 674. The van der Waals surface area contributed by atoms with E-state index in [2.05, 4.69) is 10.2 Å². The number of rotatable bonds is 2. The van der Waals surface area contributed by atoms with E-state index in [0.717, 1.165) is 0 Å². The van der Waals surface area contributed by atoms with Gasteiger partial charge in [0.1, 0.15) is 5.82 Å². The first-order valence-electron chi connectivity index (χ1n) is 6.99. The summed E-state index contributed by atoms with van der Waals surface area (Å²) in [4.78, 5) is 14.2. The number of hydrogen-bond donors (Lipinski definition) is 2. The molecule has 2 N–H and O–H groups in total. The van der Waals surface area contributed by atoms with Crippen molar-refractivity contribution in [2.45, 2.75) is 6.10 Å². The van der Waals surface area contributed by atoms with Gasteiger partial charge in [-0.15, -0.1) is 0 Å². The van der Waals surface area contributed by atoms with E-state index in [1.807, 2.05) is 0 Å². The van der Waals surface area contributed by atoms with Crippen LogP contribution in [0.3, 0.4) is 0 Å². The van der Waals surface area contributed by atoms with Crippen molar-refractivity contribution >= 4 is 5.91 Å². The number of aromatic amines is 1. The Morgan fingerprint density at radius 1 is 1.50 bits per heavy atom. The fourth-order valence-electron chi connectivity index (χ4n) is 2.46. The molecule has 1 amide bonds. The predicted molar refractivity (Wildman–Crippen MR) is 76.7 cm³/mol. The van der Waals surface area contributed by atoms with Crippen LogP contribution in [0.5, 0.6) is 0 Å². The summed E-state index contributed by atoms with van der Waals surface area (Å²) >= 11 is 0. The number of nitrogens with zero attached hydrogens (tertiary/aromatic N) is 2. The molecule has 1 aromatic heterocycles. The van der Waals surface area contributed by atoms with E-state index in [0.29, 0.717) is 30.0 Å². The molecular weight excluding hydrogens is 289 g/mol. The van der Waals surface area contributed by atoms with Gasteiger partial charge < -0.3 is 14.7 Å². The molecule has 22 heavy (non-hydrogen) atoms. The quantitative estimate of drug-likeness (QED) is 0.869. The number of amides is 1. The Morgan fingerprint density at radius 3 is 3.18 bits per heavy atom. The summed E-state index contributed by atoms with van der Waals surface area (Å²) in [5, 5.41) is 16.4. The van der Waals surface area contributed by atoms with Crippen LogP contribution in [0.15, 0.2) is 30.5 Å². The number of halogens is 1. The summed E-state index contributed by atoms with van der Waals surface area (Å²) in [6, 6.07) is 5.95. The van der Waals surface area contributed by atoms with Crippen molar-refractivity contribution in [1.82, 2.24) is 15.1 Å². The minimum atomic E-state index is -0.712. The number of aliphatic hydroxyl groups excluding tert-OH is 1. The summed E-state index contributed by atoms with van der Waals surface area (Å²) in [6.45, 7) is 1.18. The Labute approximate surface area is 126 Å². The molecule has 1 unspecified atom stereocenters. The lowest BCUT2D eigenvalue weighted by Crippen LogP contribution is -2.37. The van der Waals surface area contributed by atoms with Crippen LogP contribution in [0.4, 0.5) is 4.39 Å². The van der Waals surface area contributed by atoms with Crippen LogP contribution >= 0.6 is 0 Å². The molecule has 1 saturated heterocycles. The van der Waals surface area contributed by atoms with Crippen LogP contribution in [-0.4, -0.2) is 58.5 Å². The number of β-amino-alcohol motifs (C(OH)–C–C–N with tert-alkyl or cyclic N) is 1. The second-order valence-corrected chi connectivity index (χ2v) is 5.15. The average Bonchev–Trinajstić information content (AvgIpc) is 2.89. The number of aliphatic hydroxyl groups is 1. The molecule has 1 aromatic carbocycles. The highest BCUT2D eigenvalue weighted by molar-refractivity contribution is 5.99. The summed E-state index contributed by atoms with van der Waals surface area (Å²) in [5.74, 6) is -0.651. The zero-order valence-electron chi connectivity index (χ0n) is 11.8. The van der Waals surface area contributed by atoms with Gasteiger partial charge in [0.05, 0.1) is 36.8 Å². The fraction of sp³-hybridized carbons (Fsp3) is 0.333. The number of hydrogen-bond acceptors (Lipinski definition) is 4. The Kier molecular flexibility index (Phi) is 4.17. The van der Waals surface area contributed by atoms with Crippen LogP contribution in [0.2, 0.25) is 0 Å². The summed E-state index contributed by atoms with van der Waals surface area (Å²) in [5.41, 5.74) is 1.36. The number of carbonyl (C=O) groups excluding carboxylic acids is 1. The van der Waals surface area contributed by atoms with Gasteiger partial charge in [0, 0.05) is 18.7 Å². The molecule has 0 radical (unpaired) electrons. The van der Waals surface area contributed by atoms with E-state index >= 15 is 0 Å². The molecule has 6 nitrogen and oxygen atoms in total. The Morgan fingerprint density at radius 2 is 2.36 bits per heavy atom. The standard InChI is InChI=1S/C15H16FN3O3/c16-11-3-1-2-10(6-11)14-13(7-17-18-14)15(21)19-4-5-22-9-12(20)8-19/h1-3,6-7,12,20H,4-5,8-9H2,(H,17,18). The van der Waals surface area contributed by atoms with Crippen molar-refractivity contribution < 1.29 is 19.0 Å². The highest BCUT2D eigenvalue weighted by atomic mass is 19.1. The minimum absolute atomic E-state index is 0.201. The van der Waals surface area contributed by atoms with Gasteiger partial charge in [0.15, 0.2) is 0 Å². The molecule has 0 bridgehead atoms. The topological polar surface area (TPSA) is 78.5 Å². The number of carbonyl (C=O) groups is 1. The fourth-order valence-corrected chi connectivity index (χ4v) is 2.46. The molecule has 2 heterocycles. The van der Waals surface area contributed by atoms with Crippen molar-refractivity contribution in [1.29, 1.82) is 0 Å². The van der Waals surface area contributed by atoms with Gasteiger partial charge in [-0.05, 0) is 12.1 Å². The molecule has 116 valence electrons. The number of aromatic nitrogens is 2. The predicted octanol–water partition coefficient (Wildman–Crippen LogP) is 1.05. The van der Waals surface area contributed by atoms with Gasteiger partial charge in [-0.25, -0.2) is 4.39 Å². The van der Waals surface area contributed by atoms with Gasteiger partial charge in [-0.2, -0.15) is 5.10 Å². The van der Waals surface area contributed by atoms with E-state index in [1.165, 1.54) is 23.2 Å². The zero-order valence-corrected chi connectivity index (χ0v) is 11.8. The normalized spacial score (nSPS) is 19.0. The molecule has 1 fully saturated rings. The van der Waals surface area contributed by atoms with E-state index in [1.54, 1.807) is 12.1 Å². The lowest BCUT2D eigenvalue weighted by molar-refractivity contribution is 0.0534. The molecule has 3 rings (SSSR count). The molecule has 1 aliphatic heterocycles. The molecule has 1 atom stereocenters. The molecule has 7 heteroatoms. The lowest BCUT2D eigenvalue weighted by atomic mass is 10.1. The maximum Gasteiger partial charge on any atom is 0.257 e. The molecule has 1 aliphatic rings. The first-order chi connectivity index (χ1) is 10.6. The maximum absolute atomic E-state index is 13.4. The number of nitrogens with one attached hydrogen (secondary N) is 1. The first kappa shape index (κ1) is 14.7. The molecule has 0 aliphatic carbocycles. The molecule has 0 saturated carbocycles. The monoisotopic (exact) mass is 305 g/mol. The van der Waals surface area contributed by atoms with Crippen LogP contribution in [0.25, 0.3) is 11.3 Å². The summed E-state index contributed by atoms with van der Waals surface area (Å²) < 4.78 is 18.6. The third-order valence-electron chi connectivity index (χ3n) is 3.52. The van der Waals surface area contributed by atoms with Crippen molar-refractivity contribution in [2.24, 2.45) is 0 Å². The van der Waals surface area contributed by atoms with E-state index < -0.39 is 6.10 Å². The second-order valence-electron chi connectivity index (χ2n) is 5.15. The molecular formula is C15H16FN3O3. The average molecular weight is 305 g/mol. The van der Waals surface area contributed by atoms with Gasteiger partial charge in [0.25, 0.3) is 5.91 Å². The smallest absolute Gasteiger partial charge is 0.257 e. The van der Waals surface area contributed by atoms with Crippen molar-refractivity contribution in [3.8, 4) is 11.3 Å². The third-order valence-corrected chi connectivity index (χ3v) is 3.52. The lowest BCUT2D eigenvalue weighted by Gasteiger charge is -2.21. The third kappa shape index (κ3) is 3.00. The first-order valence-corrected chi connectivity index (χ1v) is 6.99. The van der Waals surface area contributed by atoms with Gasteiger partial charge in [0.2, 0.25) is 0 Å². The van der Waals surface area contributed by atoms with E-state index in [9.17, 15) is 14.3 Å². The summed E-state index contributed by atoms with van der Waals surface area (Å²) in [7, 11) is 0. The number of H-pyrrole nitrogens is 1. The van der Waals surface area contributed by atoms with E-state index in [-0.39, 0.29) is 24.9 Å². The SMILES string of the molecule is O=C(c1cn[nH]c1-c1cccc(F)c1)N1CCOCC(O)C1. The number of benzene rings is 1. The van der Waals surface area contributed by atoms with Crippen molar-refractivity contribution in [3.63, 3.8) is 0 Å². The van der Waals surface area contributed by atoms with Crippen LogP contribution < -0.4 is 0 Å². The van der Waals surface area contributed by atoms with Crippen LogP contribution in [0.1, 0.15) is 10.4 Å². The van der Waals surface area contributed by atoms with Crippen LogP contribution in [0, 0.1) is 5.82 Å². The maximum atomic E-state index is 13.4. The molecule has 0 spiro atoms. The Hall–Kier alpha value is -2.25. The van der Waals surface area contributed by atoms with E-state index in [4.69, 9.17) is 4.74 Å². The highest BCUT2D eigenvalue weighted by Gasteiger charge is 2.25. The van der Waals surface area contributed by atoms with Gasteiger partial charge in [-0.3, -0.25) is 9.89 Å². The molecule has 2 aromatic rings. The number of ether oxygens (including phenoxy) is 1. The van der Waals surface area contributed by atoms with Crippen molar-refractivity contribution in [3.05, 3.63) is 41.8 Å². The van der Waals surface area contributed by atoms with Gasteiger partial charge >= 0.3 is 0 Å². The Balaban J connectivity index is 1.89. The minimum Gasteiger partial charge on any atom is -0.389 e.